The Morgan fingerprint density at radius 1 is 1.09 bits per heavy atom. The maximum atomic E-state index is 14.0. The predicted molar refractivity (Wildman–Crippen MR) is 130 cm³/mol. The summed E-state index contributed by atoms with van der Waals surface area (Å²) < 4.78 is 22.0. The number of para-hydroxylation sites is 1. The quantitative estimate of drug-likeness (QED) is 0.438. The Bertz CT molecular complexity index is 1430. The van der Waals surface area contributed by atoms with Crippen molar-refractivity contribution < 1.29 is 13.9 Å². The number of carbonyl (C=O) groups excluding carboxylic acids is 1. The van der Waals surface area contributed by atoms with Crippen molar-refractivity contribution in [2.75, 3.05) is 31.1 Å². The van der Waals surface area contributed by atoms with Gasteiger partial charge >= 0.3 is 0 Å². The van der Waals surface area contributed by atoms with Crippen molar-refractivity contribution in [1.82, 2.24) is 14.3 Å². The first-order chi connectivity index (χ1) is 17.0. The molecule has 7 nitrogen and oxygen atoms in total. The van der Waals surface area contributed by atoms with Gasteiger partial charge in [0.1, 0.15) is 35.5 Å². The summed E-state index contributed by atoms with van der Waals surface area (Å²) in [6.45, 7) is 4.19. The second-order valence-corrected chi connectivity index (χ2v) is 8.46. The van der Waals surface area contributed by atoms with Crippen LogP contribution < -0.4 is 9.64 Å². The van der Waals surface area contributed by atoms with Crippen molar-refractivity contribution in [2.45, 2.75) is 13.5 Å². The van der Waals surface area contributed by atoms with E-state index in [1.165, 1.54) is 6.07 Å². The van der Waals surface area contributed by atoms with E-state index in [2.05, 4.69) is 4.98 Å². The van der Waals surface area contributed by atoms with E-state index in [0.29, 0.717) is 43.2 Å². The number of anilines is 1. The molecule has 176 valence electrons. The molecule has 8 heteroatoms. The first kappa shape index (κ1) is 22.4. The number of imidazole rings is 1. The predicted octanol–water partition coefficient (Wildman–Crippen LogP) is 4.19. The van der Waals surface area contributed by atoms with Crippen LogP contribution in [-0.4, -0.2) is 46.4 Å². The van der Waals surface area contributed by atoms with Crippen LogP contribution in [0.2, 0.25) is 0 Å². The Morgan fingerprint density at radius 3 is 2.66 bits per heavy atom. The Hall–Kier alpha value is -4.38. The fourth-order valence-corrected chi connectivity index (χ4v) is 4.40. The topological polar surface area (TPSA) is 73.9 Å². The second kappa shape index (κ2) is 9.47. The smallest absolute Gasteiger partial charge is 0.257 e. The van der Waals surface area contributed by atoms with E-state index in [1.54, 1.807) is 29.2 Å². The highest BCUT2D eigenvalue weighted by molar-refractivity contribution is 5.97. The lowest BCUT2D eigenvalue weighted by Crippen LogP contribution is -2.49. The molecule has 4 aromatic rings. The summed E-state index contributed by atoms with van der Waals surface area (Å²) in [6.07, 6.45) is 3.87. The molecule has 0 spiro atoms. The van der Waals surface area contributed by atoms with Gasteiger partial charge < -0.3 is 18.9 Å². The number of fused-ring (bicyclic) bond motifs is 1. The average molecular weight is 470 g/mol. The molecule has 0 unspecified atom stereocenters. The highest BCUT2D eigenvalue weighted by Crippen LogP contribution is 2.26. The van der Waals surface area contributed by atoms with Crippen LogP contribution in [0.5, 0.6) is 5.75 Å². The Morgan fingerprint density at radius 2 is 1.89 bits per heavy atom. The molecule has 5 rings (SSSR count). The molecule has 3 heterocycles. The molecule has 2 aromatic carbocycles. The number of nitrogens with zero attached hydrogens (tertiary/aromatic N) is 5. The monoisotopic (exact) mass is 469 g/mol. The lowest BCUT2D eigenvalue weighted by atomic mass is 10.1. The lowest BCUT2D eigenvalue weighted by molar-refractivity contribution is 0.0741. The minimum Gasteiger partial charge on any atom is -0.486 e. The number of piperazine rings is 1. The van der Waals surface area contributed by atoms with E-state index in [-0.39, 0.29) is 18.1 Å². The average Bonchev–Trinajstić information content (AvgIpc) is 3.32. The van der Waals surface area contributed by atoms with Gasteiger partial charge in [0, 0.05) is 38.6 Å². The number of nitriles is 1. The maximum absolute atomic E-state index is 14.0. The van der Waals surface area contributed by atoms with Crippen LogP contribution in [0.15, 0.2) is 67.0 Å². The SMILES string of the molecule is Cc1cccn2cc(COc3ccccc3C(=O)N3CCN(c4cccc(F)c4C#N)CC3)nc12. The summed E-state index contributed by atoms with van der Waals surface area (Å²) in [6, 6.07) is 17.8. The summed E-state index contributed by atoms with van der Waals surface area (Å²) >= 11 is 0. The molecule has 1 fully saturated rings. The molecule has 0 aliphatic carbocycles. The van der Waals surface area contributed by atoms with Crippen LogP contribution in [0.4, 0.5) is 10.1 Å². The minimum atomic E-state index is -0.532. The molecule has 1 aliphatic heterocycles. The van der Waals surface area contributed by atoms with Gasteiger partial charge in [0.25, 0.3) is 5.91 Å². The number of rotatable bonds is 5. The molecule has 0 radical (unpaired) electrons. The molecule has 35 heavy (non-hydrogen) atoms. The third-order valence-electron chi connectivity index (χ3n) is 6.23. The standard InChI is InChI=1S/C27H24FN5O2/c1-19-6-5-11-33-17-20(30-26(19)33)18-35-25-10-3-2-7-21(25)27(34)32-14-12-31(13-15-32)24-9-4-8-23(28)22(24)16-29/h2-11,17H,12-15,18H2,1H3. The van der Waals surface area contributed by atoms with E-state index < -0.39 is 5.82 Å². The molecular weight excluding hydrogens is 445 g/mol. The molecule has 1 saturated heterocycles. The normalized spacial score (nSPS) is 13.6. The zero-order valence-corrected chi connectivity index (χ0v) is 19.3. The second-order valence-electron chi connectivity index (χ2n) is 8.46. The van der Waals surface area contributed by atoms with Gasteiger partial charge in [0.05, 0.1) is 16.9 Å². The molecule has 2 aromatic heterocycles. The lowest BCUT2D eigenvalue weighted by Gasteiger charge is -2.36. The molecule has 0 bridgehead atoms. The van der Waals surface area contributed by atoms with Crippen LogP contribution >= 0.6 is 0 Å². The van der Waals surface area contributed by atoms with Gasteiger partial charge in [0.15, 0.2) is 0 Å². The Balaban J connectivity index is 1.27. The van der Waals surface area contributed by atoms with Crippen molar-refractivity contribution in [2.24, 2.45) is 0 Å². The number of carbonyl (C=O) groups is 1. The number of ether oxygens (including phenoxy) is 1. The Labute approximate surface area is 202 Å². The fraction of sp³-hybridized carbons (Fsp3) is 0.222. The van der Waals surface area contributed by atoms with Crippen molar-refractivity contribution in [3.63, 3.8) is 0 Å². The molecule has 1 amide bonds. The summed E-state index contributed by atoms with van der Waals surface area (Å²) in [5, 5.41) is 9.34. The fourth-order valence-electron chi connectivity index (χ4n) is 4.40. The van der Waals surface area contributed by atoms with Crippen molar-refractivity contribution in [1.29, 1.82) is 5.26 Å². The van der Waals surface area contributed by atoms with Crippen LogP contribution in [0.3, 0.4) is 0 Å². The van der Waals surface area contributed by atoms with Crippen molar-refractivity contribution in [3.8, 4) is 11.8 Å². The van der Waals surface area contributed by atoms with Gasteiger partial charge in [-0.15, -0.1) is 0 Å². The van der Waals surface area contributed by atoms with Gasteiger partial charge in [-0.05, 0) is 42.8 Å². The van der Waals surface area contributed by atoms with E-state index in [0.717, 1.165) is 16.9 Å². The number of halogens is 1. The molecule has 1 aliphatic rings. The van der Waals surface area contributed by atoms with E-state index in [9.17, 15) is 14.4 Å². The zero-order chi connectivity index (χ0) is 24.4. The van der Waals surface area contributed by atoms with Gasteiger partial charge in [-0.3, -0.25) is 4.79 Å². The molecule has 0 N–H and O–H groups in total. The number of hydrogen-bond acceptors (Lipinski definition) is 5. The summed E-state index contributed by atoms with van der Waals surface area (Å²) in [7, 11) is 0. The molecular formula is C27H24FN5O2. The first-order valence-electron chi connectivity index (χ1n) is 11.4. The van der Waals surface area contributed by atoms with E-state index in [1.807, 2.05) is 59.0 Å². The highest BCUT2D eigenvalue weighted by Gasteiger charge is 2.26. The maximum Gasteiger partial charge on any atom is 0.257 e. The molecule has 0 saturated carbocycles. The summed E-state index contributed by atoms with van der Waals surface area (Å²) in [5.74, 6) is -0.146. The van der Waals surface area contributed by atoms with Gasteiger partial charge in [0.2, 0.25) is 0 Å². The van der Waals surface area contributed by atoms with Crippen molar-refractivity contribution >= 4 is 17.2 Å². The van der Waals surface area contributed by atoms with Crippen LogP contribution in [0.25, 0.3) is 5.65 Å². The minimum absolute atomic E-state index is 0.0353. The highest BCUT2D eigenvalue weighted by atomic mass is 19.1. The summed E-state index contributed by atoms with van der Waals surface area (Å²) in [4.78, 5) is 21.7. The van der Waals surface area contributed by atoms with Crippen LogP contribution in [0.1, 0.15) is 27.2 Å². The third kappa shape index (κ3) is 4.41. The van der Waals surface area contributed by atoms with Gasteiger partial charge in [-0.1, -0.05) is 24.3 Å². The first-order valence-corrected chi connectivity index (χ1v) is 11.4. The van der Waals surface area contributed by atoms with Crippen molar-refractivity contribution in [3.05, 3.63) is 95.2 Å². The summed E-state index contributed by atoms with van der Waals surface area (Å²) in [5.41, 5.74) is 3.82. The Kier molecular flexibility index (Phi) is 6.06. The number of benzene rings is 2. The number of amides is 1. The number of hydrogen-bond donors (Lipinski definition) is 0. The largest absolute Gasteiger partial charge is 0.486 e. The molecule has 0 atom stereocenters. The number of pyridine rings is 1. The van der Waals surface area contributed by atoms with Gasteiger partial charge in [-0.2, -0.15) is 5.26 Å². The number of aryl methyl sites for hydroxylation is 1. The zero-order valence-electron chi connectivity index (χ0n) is 19.3. The van der Waals surface area contributed by atoms with E-state index >= 15 is 0 Å². The third-order valence-corrected chi connectivity index (χ3v) is 6.23. The van der Waals surface area contributed by atoms with E-state index in [4.69, 9.17) is 4.74 Å². The van der Waals surface area contributed by atoms with Crippen LogP contribution in [-0.2, 0) is 6.61 Å². The van der Waals surface area contributed by atoms with Crippen LogP contribution in [0, 0.1) is 24.1 Å². The number of aromatic nitrogens is 2. The van der Waals surface area contributed by atoms with Gasteiger partial charge in [-0.25, -0.2) is 9.37 Å².